The van der Waals surface area contributed by atoms with Gasteiger partial charge in [-0.15, -0.1) is 0 Å². The summed E-state index contributed by atoms with van der Waals surface area (Å²) in [6.45, 7) is 0.740. The molecular weight excluding hydrogens is 200 g/mol. The van der Waals surface area contributed by atoms with Gasteiger partial charge in [0, 0.05) is 12.7 Å². The lowest BCUT2D eigenvalue weighted by atomic mass is 9.97. The number of aromatic nitrogens is 1. The summed E-state index contributed by atoms with van der Waals surface area (Å²) in [5.41, 5.74) is 2.13. The number of nitrogens with one attached hydrogen (secondary N) is 2. The SMILES string of the molecule is O=C(NCCC1=CCCCC1)c1ccc[nH]1. The van der Waals surface area contributed by atoms with E-state index in [-0.39, 0.29) is 5.91 Å². The first kappa shape index (κ1) is 11.0. The van der Waals surface area contributed by atoms with Gasteiger partial charge in [-0.1, -0.05) is 11.6 Å². The molecule has 3 nitrogen and oxygen atoms in total. The molecule has 0 aliphatic heterocycles. The third-order valence-electron chi connectivity index (χ3n) is 2.96. The van der Waals surface area contributed by atoms with Crippen LogP contribution in [0.15, 0.2) is 30.0 Å². The average molecular weight is 218 g/mol. The zero-order valence-electron chi connectivity index (χ0n) is 9.46. The minimum absolute atomic E-state index is 0.0126. The molecule has 0 fully saturated rings. The molecule has 1 heterocycles. The summed E-state index contributed by atoms with van der Waals surface area (Å²) in [6.07, 6.45) is 10.1. The van der Waals surface area contributed by atoms with Crippen molar-refractivity contribution in [3.05, 3.63) is 35.7 Å². The summed E-state index contributed by atoms with van der Waals surface area (Å²) in [7, 11) is 0. The number of carbonyl (C=O) groups excluding carboxylic acids is 1. The highest BCUT2D eigenvalue weighted by molar-refractivity contribution is 5.92. The summed E-state index contributed by atoms with van der Waals surface area (Å²) in [4.78, 5) is 14.5. The molecule has 1 aromatic rings. The molecule has 0 unspecified atom stereocenters. The lowest BCUT2D eigenvalue weighted by Gasteiger charge is -2.12. The number of hydrogen-bond donors (Lipinski definition) is 2. The summed E-state index contributed by atoms with van der Waals surface area (Å²) in [6, 6.07) is 3.62. The van der Waals surface area contributed by atoms with Gasteiger partial charge in [0.2, 0.25) is 0 Å². The smallest absolute Gasteiger partial charge is 0.267 e. The van der Waals surface area contributed by atoms with Gasteiger partial charge >= 0.3 is 0 Å². The second-order valence-electron chi connectivity index (χ2n) is 4.20. The maximum atomic E-state index is 11.6. The Kier molecular flexibility index (Phi) is 3.81. The first-order valence-corrected chi connectivity index (χ1v) is 5.96. The number of amides is 1. The van der Waals surface area contributed by atoms with Crippen LogP contribution < -0.4 is 5.32 Å². The van der Waals surface area contributed by atoms with Gasteiger partial charge < -0.3 is 10.3 Å². The lowest BCUT2D eigenvalue weighted by molar-refractivity contribution is 0.0949. The molecule has 0 atom stereocenters. The number of hydrogen-bond acceptors (Lipinski definition) is 1. The van der Waals surface area contributed by atoms with E-state index in [2.05, 4.69) is 16.4 Å². The van der Waals surface area contributed by atoms with Crippen LogP contribution >= 0.6 is 0 Å². The summed E-state index contributed by atoms with van der Waals surface area (Å²) in [5.74, 6) is -0.0126. The van der Waals surface area contributed by atoms with Gasteiger partial charge in [0.1, 0.15) is 5.69 Å². The van der Waals surface area contributed by atoms with Gasteiger partial charge in [0.25, 0.3) is 5.91 Å². The molecule has 0 aromatic carbocycles. The Hall–Kier alpha value is -1.51. The molecule has 1 aromatic heterocycles. The topological polar surface area (TPSA) is 44.9 Å². The third-order valence-corrected chi connectivity index (χ3v) is 2.96. The quantitative estimate of drug-likeness (QED) is 0.750. The maximum absolute atomic E-state index is 11.6. The number of H-pyrrole nitrogens is 1. The number of aromatic amines is 1. The predicted octanol–water partition coefficient (Wildman–Crippen LogP) is 2.64. The molecule has 16 heavy (non-hydrogen) atoms. The fourth-order valence-electron chi connectivity index (χ4n) is 2.04. The Balaban J connectivity index is 1.72. The van der Waals surface area contributed by atoms with E-state index in [0.717, 1.165) is 13.0 Å². The monoisotopic (exact) mass is 218 g/mol. The molecule has 3 heteroatoms. The van der Waals surface area contributed by atoms with Crippen molar-refractivity contribution in [3.8, 4) is 0 Å². The summed E-state index contributed by atoms with van der Waals surface area (Å²) < 4.78 is 0. The van der Waals surface area contributed by atoms with Gasteiger partial charge in [0.05, 0.1) is 0 Å². The van der Waals surface area contributed by atoms with E-state index in [9.17, 15) is 4.79 Å². The van der Waals surface area contributed by atoms with Crippen LogP contribution in [0.25, 0.3) is 0 Å². The van der Waals surface area contributed by atoms with E-state index in [0.29, 0.717) is 5.69 Å². The molecule has 86 valence electrons. The van der Waals surface area contributed by atoms with Crippen LogP contribution in [0.2, 0.25) is 0 Å². The van der Waals surface area contributed by atoms with E-state index in [4.69, 9.17) is 0 Å². The van der Waals surface area contributed by atoms with Gasteiger partial charge in [0.15, 0.2) is 0 Å². The van der Waals surface area contributed by atoms with Crippen LogP contribution in [0.3, 0.4) is 0 Å². The molecule has 0 radical (unpaired) electrons. The Morgan fingerprint density at radius 2 is 2.38 bits per heavy atom. The fourth-order valence-corrected chi connectivity index (χ4v) is 2.04. The third kappa shape index (κ3) is 2.99. The highest BCUT2D eigenvalue weighted by Gasteiger charge is 2.06. The molecule has 0 bridgehead atoms. The lowest BCUT2D eigenvalue weighted by Crippen LogP contribution is -2.25. The minimum Gasteiger partial charge on any atom is -0.357 e. The van der Waals surface area contributed by atoms with Crippen molar-refractivity contribution >= 4 is 5.91 Å². The van der Waals surface area contributed by atoms with Crippen molar-refractivity contribution in [3.63, 3.8) is 0 Å². The number of carbonyl (C=O) groups is 1. The summed E-state index contributed by atoms with van der Waals surface area (Å²) >= 11 is 0. The molecule has 1 amide bonds. The molecule has 0 saturated carbocycles. The largest absolute Gasteiger partial charge is 0.357 e. The molecular formula is C13H18N2O. The minimum atomic E-state index is -0.0126. The molecule has 2 rings (SSSR count). The zero-order chi connectivity index (χ0) is 11.2. The first-order valence-electron chi connectivity index (χ1n) is 5.96. The van der Waals surface area contributed by atoms with E-state index in [1.54, 1.807) is 12.3 Å². The van der Waals surface area contributed by atoms with E-state index < -0.39 is 0 Å². The number of allylic oxidation sites excluding steroid dienone is 1. The second-order valence-corrected chi connectivity index (χ2v) is 4.20. The fraction of sp³-hybridized carbons (Fsp3) is 0.462. The van der Waals surface area contributed by atoms with Crippen molar-refractivity contribution in [2.75, 3.05) is 6.54 Å². The molecule has 0 spiro atoms. The molecule has 2 N–H and O–H groups in total. The first-order chi connectivity index (χ1) is 7.86. The van der Waals surface area contributed by atoms with Crippen LogP contribution in [0, 0.1) is 0 Å². The Labute approximate surface area is 95.9 Å². The standard InChI is InChI=1S/C13H18N2O/c16-13(12-7-4-9-14-12)15-10-8-11-5-2-1-3-6-11/h4-5,7,9,14H,1-3,6,8,10H2,(H,15,16). The number of rotatable bonds is 4. The highest BCUT2D eigenvalue weighted by Crippen LogP contribution is 2.19. The van der Waals surface area contributed by atoms with Crippen LogP contribution in [0.1, 0.15) is 42.6 Å². The van der Waals surface area contributed by atoms with Crippen LogP contribution in [-0.4, -0.2) is 17.4 Å². The van der Waals surface area contributed by atoms with Crippen LogP contribution in [0.5, 0.6) is 0 Å². The van der Waals surface area contributed by atoms with E-state index in [1.807, 2.05) is 6.07 Å². The molecule has 1 aliphatic carbocycles. The van der Waals surface area contributed by atoms with Crippen molar-refractivity contribution in [1.82, 2.24) is 10.3 Å². The summed E-state index contributed by atoms with van der Waals surface area (Å²) in [5, 5.41) is 2.92. The zero-order valence-corrected chi connectivity index (χ0v) is 9.46. The van der Waals surface area contributed by atoms with Crippen molar-refractivity contribution in [1.29, 1.82) is 0 Å². The predicted molar refractivity (Wildman–Crippen MR) is 64.3 cm³/mol. The van der Waals surface area contributed by atoms with Gasteiger partial charge in [-0.05, 0) is 44.2 Å². The average Bonchev–Trinajstić information content (AvgIpc) is 2.84. The van der Waals surface area contributed by atoms with E-state index in [1.165, 1.54) is 31.3 Å². The normalized spacial score (nSPS) is 15.6. The second kappa shape index (κ2) is 5.54. The van der Waals surface area contributed by atoms with Crippen LogP contribution in [-0.2, 0) is 0 Å². The molecule has 1 aliphatic rings. The van der Waals surface area contributed by atoms with Crippen molar-refractivity contribution < 1.29 is 4.79 Å². The van der Waals surface area contributed by atoms with Crippen molar-refractivity contribution in [2.24, 2.45) is 0 Å². The van der Waals surface area contributed by atoms with E-state index >= 15 is 0 Å². The molecule has 0 saturated heterocycles. The highest BCUT2D eigenvalue weighted by atomic mass is 16.1. The van der Waals surface area contributed by atoms with Gasteiger partial charge in [-0.3, -0.25) is 4.79 Å². The Morgan fingerprint density at radius 3 is 3.06 bits per heavy atom. The van der Waals surface area contributed by atoms with Gasteiger partial charge in [-0.2, -0.15) is 0 Å². The maximum Gasteiger partial charge on any atom is 0.267 e. The Morgan fingerprint density at radius 1 is 1.44 bits per heavy atom. The Bertz CT molecular complexity index is 365. The van der Waals surface area contributed by atoms with Crippen molar-refractivity contribution in [2.45, 2.75) is 32.1 Å². The van der Waals surface area contributed by atoms with Gasteiger partial charge in [-0.25, -0.2) is 0 Å². The van der Waals surface area contributed by atoms with Crippen LogP contribution in [0.4, 0.5) is 0 Å².